The van der Waals surface area contributed by atoms with Crippen molar-refractivity contribution < 1.29 is 9.59 Å². The SMILES string of the molecule is CC(NC(=O)Cc1ccc(-c2ccccc2)cc1)C(=O)NCc1ccccc1. The summed E-state index contributed by atoms with van der Waals surface area (Å²) in [5.41, 5.74) is 4.18. The van der Waals surface area contributed by atoms with Crippen LogP contribution in [0.1, 0.15) is 18.1 Å². The number of hydrogen-bond acceptors (Lipinski definition) is 2. The van der Waals surface area contributed by atoms with Crippen LogP contribution in [-0.2, 0) is 22.6 Å². The molecule has 3 aromatic carbocycles. The molecule has 0 aliphatic carbocycles. The van der Waals surface area contributed by atoms with Gasteiger partial charge in [-0.3, -0.25) is 9.59 Å². The van der Waals surface area contributed by atoms with Gasteiger partial charge in [0, 0.05) is 6.54 Å². The van der Waals surface area contributed by atoms with Gasteiger partial charge in [0.2, 0.25) is 11.8 Å². The zero-order valence-electron chi connectivity index (χ0n) is 15.9. The predicted molar refractivity (Wildman–Crippen MR) is 111 cm³/mol. The van der Waals surface area contributed by atoms with Crippen LogP contribution >= 0.6 is 0 Å². The molecule has 28 heavy (non-hydrogen) atoms. The van der Waals surface area contributed by atoms with Gasteiger partial charge in [-0.05, 0) is 29.2 Å². The van der Waals surface area contributed by atoms with Gasteiger partial charge in [0.15, 0.2) is 0 Å². The summed E-state index contributed by atoms with van der Waals surface area (Å²) in [4.78, 5) is 24.4. The van der Waals surface area contributed by atoms with E-state index in [1.807, 2.05) is 72.8 Å². The van der Waals surface area contributed by atoms with E-state index in [2.05, 4.69) is 22.8 Å². The maximum atomic E-state index is 12.3. The fourth-order valence-corrected chi connectivity index (χ4v) is 2.93. The molecule has 1 unspecified atom stereocenters. The van der Waals surface area contributed by atoms with Gasteiger partial charge in [-0.1, -0.05) is 84.9 Å². The Morgan fingerprint density at radius 1 is 0.750 bits per heavy atom. The van der Waals surface area contributed by atoms with Crippen LogP contribution in [0.15, 0.2) is 84.9 Å². The van der Waals surface area contributed by atoms with E-state index in [1.165, 1.54) is 0 Å². The average Bonchev–Trinajstić information content (AvgIpc) is 2.74. The number of benzene rings is 3. The van der Waals surface area contributed by atoms with Crippen LogP contribution in [0.4, 0.5) is 0 Å². The lowest BCUT2D eigenvalue weighted by Crippen LogP contribution is -2.45. The van der Waals surface area contributed by atoms with Gasteiger partial charge < -0.3 is 10.6 Å². The van der Waals surface area contributed by atoms with Crippen molar-refractivity contribution in [3.8, 4) is 11.1 Å². The second kappa shape index (κ2) is 9.51. The fourth-order valence-electron chi connectivity index (χ4n) is 2.93. The van der Waals surface area contributed by atoms with Crippen LogP contribution in [0, 0.1) is 0 Å². The Labute approximate surface area is 165 Å². The molecule has 2 amide bonds. The Hall–Kier alpha value is -3.40. The summed E-state index contributed by atoms with van der Waals surface area (Å²) < 4.78 is 0. The Bertz CT molecular complexity index is 906. The van der Waals surface area contributed by atoms with Crippen molar-refractivity contribution in [1.29, 1.82) is 0 Å². The van der Waals surface area contributed by atoms with E-state index in [-0.39, 0.29) is 18.2 Å². The predicted octanol–water partition coefficient (Wildman–Crippen LogP) is 3.72. The third-order valence-electron chi connectivity index (χ3n) is 4.51. The molecular weight excluding hydrogens is 348 g/mol. The van der Waals surface area contributed by atoms with Gasteiger partial charge in [0.1, 0.15) is 6.04 Å². The molecule has 0 aliphatic heterocycles. The second-order valence-corrected chi connectivity index (χ2v) is 6.73. The van der Waals surface area contributed by atoms with Crippen LogP contribution in [-0.4, -0.2) is 17.9 Å². The summed E-state index contributed by atoms with van der Waals surface area (Å²) >= 11 is 0. The molecule has 1 atom stereocenters. The first-order chi connectivity index (χ1) is 13.6. The van der Waals surface area contributed by atoms with E-state index in [4.69, 9.17) is 0 Å². The quantitative estimate of drug-likeness (QED) is 0.664. The minimum Gasteiger partial charge on any atom is -0.350 e. The molecule has 0 saturated carbocycles. The highest BCUT2D eigenvalue weighted by atomic mass is 16.2. The molecule has 2 N–H and O–H groups in total. The molecule has 0 spiro atoms. The molecule has 142 valence electrons. The number of hydrogen-bond donors (Lipinski definition) is 2. The third-order valence-corrected chi connectivity index (χ3v) is 4.51. The summed E-state index contributed by atoms with van der Waals surface area (Å²) in [5, 5.41) is 5.60. The van der Waals surface area contributed by atoms with Crippen molar-refractivity contribution in [2.45, 2.75) is 25.9 Å². The maximum absolute atomic E-state index is 12.3. The van der Waals surface area contributed by atoms with Crippen LogP contribution in [0.5, 0.6) is 0 Å². The standard InChI is InChI=1S/C24H24N2O2/c1-18(24(28)25-17-20-8-4-2-5-9-20)26-23(27)16-19-12-14-22(15-13-19)21-10-6-3-7-11-21/h2-15,18H,16-17H2,1H3,(H,25,28)(H,26,27). The fraction of sp³-hybridized carbons (Fsp3) is 0.167. The summed E-state index contributed by atoms with van der Waals surface area (Å²) in [7, 11) is 0. The van der Waals surface area contributed by atoms with Crippen molar-refractivity contribution in [2.24, 2.45) is 0 Å². The molecule has 4 heteroatoms. The van der Waals surface area contributed by atoms with E-state index < -0.39 is 6.04 Å². The number of amides is 2. The molecule has 3 aromatic rings. The average molecular weight is 372 g/mol. The van der Waals surface area contributed by atoms with Gasteiger partial charge in [-0.15, -0.1) is 0 Å². The number of rotatable bonds is 7. The lowest BCUT2D eigenvalue weighted by molar-refractivity contribution is -0.128. The van der Waals surface area contributed by atoms with Crippen molar-refractivity contribution >= 4 is 11.8 Å². The molecule has 0 aromatic heterocycles. The third kappa shape index (κ3) is 5.55. The van der Waals surface area contributed by atoms with Crippen molar-refractivity contribution in [3.63, 3.8) is 0 Å². The van der Waals surface area contributed by atoms with Crippen LogP contribution < -0.4 is 10.6 Å². The normalized spacial score (nSPS) is 11.5. The number of carbonyl (C=O) groups is 2. The summed E-state index contributed by atoms with van der Waals surface area (Å²) in [5.74, 6) is -0.369. The van der Waals surface area contributed by atoms with Crippen molar-refractivity contribution in [3.05, 3.63) is 96.1 Å². The Kier molecular flexibility index (Phi) is 6.58. The van der Waals surface area contributed by atoms with Gasteiger partial charge in [0.25, 0.3) is 0 Å². The number of nitrogens with one attached hydrogen (secondary N) is 2. The zero-order chi connectivity index (χ0) is 19.8. The number of carbonyl (C=O) groups excluding carboxylic acids is 2. The molecule has 4 nitrogen and oxygen atoms in total. The Balaban J connectivity index is 1.48. The lowest BCUT2D eigenvalue weighted by Gasteiger charge is -2.14. The largest absolute Gasteiger partial charge is 0.350 e. The molecule has 0 fully saturated rings. The molecule has 0 bridgehead atoms. The van der Waals surface area contributed by atoms with E-state index in [0.717, 1.165) is 22.3 Å². The minimum absolute atomic E-state index is 0.171. The highest BCUT2D eigenvalue weighted by Gasteiger charge is 2.15. The highest BCUT2D eigenvalue weighted by molar-refractivity contribution is 5.88. The smallest absolute Gasteiger partial charge is 0.242 e. The second-order valence-electron chi connectivity index (χ2n) is 6.73. The van der Waals surface area contributed by atoms with Crippen molar-refractivity contribution in [1.82, 2.24) is 10.6 Å². The first-order valence-corrected chi connectivity index (χ1v) is 9.37. The van der Waals surface area contributed by atoms with Gasteiger partial charge in [0.05, 0.1) is 6.42 Å². The monoisotopic (exact) mass is 372 g/mol. The molecule has 0 radical (unpaired) electrons. The van der Waals surface area contributed by atoms with Crippen LogP contribution in [0.2, 0.25) is 0 Å². The first kappa shape index (κ1) is 19.4. The molecule has 3 rings (SSSR count). The summed E-state index contributed by atoms with van der Waals surface area (Å²) in [6, 6.07) is 27.1. The van der Waals surface area contributed by atoms with Crippen LogP contribution in [0.3, 0.4) is 0 Å². The van der Waals surface area contributed by atoms with Crippen molar-refractivity contribution in [2.75, 3.05) is 0 Å². The topological polar surface area (TPSA) is 58.2 Å². The van der Waals surface area contributed by atoms with E-state index in [0.29, 0.717) is 6.54 Å². The highest BCUT2D eigenvalue weighted by Crippen LogP contribution is 2.19. The summed E-state index contributed by atoms with van der Waals surface area (Å²) in [6.45, 7) is 2.14. The van der Waals surface area contributed by atoms with E-state index in [9.17, 15) is 9.59 Å². The molecular formula is C24H24N2O2. The minimum atomic E-state index is -0.584. The molecule has 0 saturated heterocycles. The Morgan fingerprint density at radius 3 is 1.96 bits per heavy atom. The first-order valence-electron chi connectivity index (χ1n) is 9.37. The zero-order valence-corrected chi connectivity index (χ0v) is 15.9. The van der Waals surface area contributed by atoms with E-state index >= 15 is 0 Å². The molecule has 0 aliphatic rings. The summed E-state index contributed by atoms with van der Waals surface area (Å²) in [6.07, 6.45) is 0.241. The van der Waals surface area contributed by atoms with Gasteiger partial charge in [-0.25, -0.2) is 0 Å². The van der Waals surface area contributed by atoms with E-state index in [1.54, 1.807) is 6.92 Å². The maximum Gasteiger partial charge on any atom is 0.242 e. The van der Waals surface area contributed by atoms with Crippen LogP contribution in [0.25, 0.3) is 11.1 Å². The molecule has 0 heterocycles. The lowest BCUT2D eigenvalue weighted by atomic mass is 10.0. The van der Waals surface area contributed by atoms with Gasteiger partial charge in [-0.2, -0.15) is 0 Å². The van der Waals surface area contributed by atoms with Gasteiger partial charge >= 0.3 is 0 Å². The Morgan fingerprint density at radius 2 is 1.32 bits per heavy atom.